The van der Waals surface area contributed by atoms with E-state index >= 15 is 0 Å². The first kappa shape index (κ1) is 17.1. The van der Waals surface area contributed by atoms with E-state index in [4.69, 9.17) is 4.89 Å². The highest BCUT2D eigenvalue weighted by molar-refractivity contribution is 7.32. The van der Waals surface area contributed by atoms with E-state index in [0.717, 1.165) is 25.5 Å². The molecule has 0 aromatic heterocycles. The first-order chi connectivity index (χ1) is 7.01. The fourth-order valence-electron chi connectivity index (χ4n) is 1.11. The van der Waals surface area contributed by atoms with Gasteiger partial charge in [-0.2, -0.15) is 0 Å². The number of rotatable bonds is 6. The Morgan fingerprint density at radius 2 is 1.60 bits per heavy atom. The van der Waals surface area contributed by atoms with Crippen molar-refractivity contribution in [3.05, 3.63) is 0 Å². The Bertz CT molecular complexity index is 170. The van der Waals surface area contributed by atoms with Crippen LogP contribution in [0, 0.1) is 5.41 Å². The van der Waals surface area contributed by atoms with Crippen molar-refractivity contribution in [1.82, 2.24) is 0 Å². The van der Waals surface area contributed by atoms with Crippen molar-refractivity contribution in [2.24, 2.45) is 5.41 Å². The Balaban J connectivity index is 0. The molecule has 0 aliphatic carbocycles. The summed E-state index contributed by atoms with van der Waals surface area (Å²) >= 11 is 0. The van der Waals surface area contributed by atoms with Crippen molar-refractivity contribution in [2.75, 3.05) is 6.61 Å². The minimum atomic E-state index is -2.35. The predicted octanol–water partition coefficient (Wildman–Crippen LogP) is 3.07. The van der Waals surface area contributed by atoms with Crippen LogP contribution in [0.3, 0.4) is 0 Å². The van der Waals surface area contributed by atoms with E-state index < -0.39 is 8.25 Å². The third-order valence-corrected chi connectivity index (χ3v) is 3.08. The molecule has 0 fully saturated rings. The number of aldehydes is 1. The van der Waals surface area contributed by atoms with Gasteiger partial charge >= 0.3 is 8.25 Å². The van der Waals surface area contributed by atoms with E-state index in [9.17, 15) is 9.36 Å². The van der Waals surface area contributed by atoms with Gasteiger partial charge in [-0.15, -0.1) is 9.42 Å². The Morgan fingerprint density at radius 1 is 1.20 bits per heavy atom. The molecule has 0 spiro atoms. The van der Waals surface area contributed by atoms with Gasteiger partial charge in [0.25, 0.3) is 0 Å². The van der Waals surface area contributed by atoms with Gasteiger partial charge in [-0.05, 0) is 26.2 Å². The summed E-state index contributed by atoms with van der Waals surface area (Å²) in [6, 6.07) is 0. The minimum Gasteiger partial charge on any atom is -0.303 e. The Kier molecular flexibility index (Phi) is 11.6. The third-order valence-electron chi connectivity index (χ3n) is 2.60. The Hall–Kier alpha value is -0.310. The number of hydrogen-bond donors (Lipinski definition) is 1. The molecule has 0 aliphatic rings. The summed E-state index contributed by atoms with van der Waals surface area (Å²) in [6.07, 6.45) is 4.03. The molecule has 90 valence electrons. The molecule has 0 heterocycles. The molecule has 0 bridgehead atoms. The molecule has 0 aromatic carbocycles. The van der Waals surface area contributed by atoms with Crippen molar-refractivity contribution in [3.8, 4) is 0 Å². The van der Waals surface area contributed by atoms with Crippen LogP contribution >= 0.6 is 8.25 Å². The van der Waals surface area contributed by atoms with Crippen LogP contribution in [0.2, 0.25) is 0 Å². The standard InChI is InChI=1S/C8H16O.C2H5O3P/c1-4-8(5-2,6-3)7-9;1-2-5-6(3)4/h7H,4-6H2,1-3H3;2H2,1H3/p+1. The zero-order valence-corrected chi connectivity index (χ0v) is 10.9. The zero-order valence-electron chi connectivity index (χ0n) is 10.0. The lowest BCUT2D eigenvalue weighted by atomic mass is 9.82. The molecule has 15 heavy (non-hydrogen) atoms. The molecule has 5 heteroatoms. The summed E-state index contributed by atoms with van der Waals surface area (Å²) in [5, 5.41) is 0. The van der Waals surface area contributed by atoms with Crippen molar-refractivity contribution >= 4 is 14.5 Å². The van der Waals surface area contributed by atoms with E-state index in [1.54, 1.807) is 6.92 Å². The molecule has 0 rings (SSSR count). The average Bonchev–Trinajstić information content (AvgIpc) is 2.23. The second-order valence-corrected chi connectivity index (χ2v) is 3.93. The molecular formula is C10H22O4P+. The fraction of sp³-hybridized carbons (Fsp3) is 0.900. The van der Waals surface area contributed by atoms with Gasteiger partial charge in [0.15, 0.2) is 0 Å². The molecule has 0 radical (unpaired) electrons. The largest absolute Gasteiger partial charge is 0.694 e. The average molecular weight is 237 g/mol. The van der Waals surface area contributed by atoms with Crippen LogP contribution in [-0.2, 0) is 13.9 Å². The SMILES string of the molecule is CCC(C=O)(CC)CC.CCO[P+](=O)O. The van der Waals surface area contributed by atoms with Crippen LogP contribution in [0.5, 0.6) is 0 Å². The quantitative estimate of drug-likeness (QED) is 0.569. The van der Waals surface area contributed by atoms with E-state index in [0.29, 0.717) is 6.61 Å². The van der Waals surface area contributed by atoms with E-state index in [-0.39, 0.29) is 5.41 Å². The molecule has 1 N–H and O–H groups in total. The minimum absolute atomic E-state index is 0.0139. The first-order valence-electron chi connectivity index (χ1n) is 5.27. The van der Waals surface area contributed by atoms with Crippen LogP contribution < -0.4 is 0 Å². The van der Waals surface area contributed by atoms with Gasteiger partial charge < -0.3 is 4.79 Å². The van der Waals surface area contributed by atoms with Gasteiger partial charge in [-0.25, -0.2) is 0 Å². The summed E-state index contributed by atoms with van der Waals surface area (Å²) in [5.41, 5.74) is -0.0139. The molecule has 0 aliphatic heterocycles. The summed E-state index contributed by atoms with van der Waals surface area (Å²) in [5.74, 6) is 0. The molecule has 0 saturated heterocycles. The maximum atomic E-state index is 10.5. The predicted molar refractivity (Wildman–Crippen MR) is 60.8 cm³/mol. The lowest BCUT2D eigenvalue weighted by Gasteiger charge is -2.21. The van der Waals surface area contributed by atoms with Crippen LogP contribution in [0.25, 0.3) is 0 Å². The molecule has 1 unspecified atom stereocenters. The topological polar surface area (TPSA) is 63.6 Å². The normalized spacial score (nSPS) is 11.4. The van der Waals surface area contributed by atoms with Gasteiger partial charge in [0, 0.05) is 9.98 Å². The highest BCUT2D eigenvalue weighted by Crippen LogP contribution is 2.26. The van der Waals surface area contributed by atoms with Gasteiger partial charge in [-0.1, -0.05) is 20.8 Å². The molecular weight excluding hydrogens is 215 g/mol. The summed E-state index contributed by atoms with van der Waals surface area (Å²) in [4.78, 5) is 18.4. The van der Waals surface area contributed by atoms with Crippen molar-refractivity contribution < 1.29 is 18.8 Å². The van der Waals surface area contributed by atoms with Crippen LogP contribution in [-0.4, -0.2) is 17.8 Å². The number of carbonyl (C=O) groups excluding carboxylic acids is 1. The summed E-state index contributed by atoms with van der Waals surface area (Å²) in [6.45, 7) is 8.17. The maximum absolute atomic E-state index is 10.5. The zero-order chi connectivity index (χ0) is 12.3. The van der Waals surface area contributed by atoms with E-state index in [2.05, 4.69) is 25.3 Å². The second kappa shape index (κ2) is 10.2. The second-order valence-electron chi connectivity index (χ2n) is 3.20. The highest BCUT2D eigenvalue weighted by atomic mass is 31.1. The maximum Gasteiger partial charge on any atom is 0.694 e. The smallest absolute Gasteiger partial charge is 0.303 e. The van der Waals surface area contributed by atoms with Crippen LogP contribution in [0.1, 0.15) is 47.0 Å². The Morgan fingerprint density at radius 3 is 1.60 bits per heavy atom. The van der Waals surface area contributed by atoms with E-state index in [1.165, 1.54) is 0 Å². The molecule has 1 atom stereocenters. The molecule has 0 saturated carbocycles. The molecule has 0 aromatic rings. The number of carbonyl (C=O) groups is 1. The first-order valence-corrected chi connectivity index (χ1v) is 6.40. The fourth-order valence-corrected chi connectivity index (χ4v) is 1.33. The summed E-state index contributed by atoms with van der Waals surface area (Å²) < 4.78 is 13.6. The van der Waals surface area contributed by atoms with Crippen molar-refractivity contribution in [2.45, 2.75) is 47.0 Å². The third kappa shape index (κ3) is 8.67. The van der Waals surface area contributed by atoms with Crippen LogP contribution in [0.4, 0.5) is 0 Å². The van der Waals surface area contributed by atoms with Crippen molar-refractivity contribution in [3.63, 3.8) is 0 Å². The number of hydrogen-bond acceptors (Lipinski definition) is 3. The van der Waals surface area contributed by atoms with E-state index in [1.807, 2.05) is 0 Å². The molecule has 0 amide bonds. The lowest BCUT2D eigenvalue weighted by Crippen LogP contribution is -2.18. The Labute approximate surface area is 93.0 Å². The monoisotopic (exact) mass is 237 g/mol. The summed E-state index contributed by atoms with van der Waals surface area (Å²) in [7, 11) is -2.35. The van der Waals surface area contributed by atoms with Crippen molar-refractivity contribution in [1.29, 1.82) is 0 Å². The highest BCUT2D eigenvalue weighted by Gasteiger charge is 2.21. The van der Waals surface area contributed by atoms with Gasteiger partial charge in [-0.3, -0.25) is 0 Å². The van der Waals surface area contributed by atoms with Gasteiger partial charge in [0.2, 0.25) is 0 Å². The lowest BCUT2D eigenvalue weighted by molar-refractivity contribution is -0.116. The molecule has 4 nitrogen and oxygen atoms in total. The van der Waals surface area contributed by atoms with Crippen LogP contribution in [0.15, 0.2) is 0 Å². The van der Waals surface area contributed by atoms with Gasteiger partial charge in [0.1, 0.15) is 12.9 Å². The van der Waals surface area contributed by atoms with Gasteiger partial charge in [0.05, 0.1) is 0 Å².